The molecule has 0 spiro atoms. The molecule has 2 aromatic carbocycles. The molecule has 1 aliphatic heterocycles. The molecule has 3 aromatic rings. The molecule has 6 heteroatoms. The van der Waals surface area contributed by atoms with Gasteiger partial charge in [0, 0.05) is 41.9 Å². The summed E-state index contributed by atoms with van der Waals surface area (Å²) in [6.07, 6.45) is 3.86. The maximum atomic E-state index is 12.9. The van der Waals surface area contributed by atoms with Gasteiger partial charge in [-0.3, -0.25) is 9.59 Å². The number of amides is 2. The average molecular weight is 391 g/mol. The molecule has 4 rings (SSSR count). The van der Waals surface area contributed by atoms with Gasteiger partial charge in [-0.05, 0) is 36.6 Å². The fourth-order valence-electron chi connectivity index (χ4n) is 3.92. The Balaban J connectivity index is 1.39. The third-order valence-electron chi connectivity index (χ3n) is 5.50. The summed E-state index contributed by atoms with van der Waals surface area (Å²) in [5.41, 5.74) is 2.73. The van der Waals surface area contributed by atoms with Crippen LogP contribution in [0.1, 0.15) is 18.4 Å². The van der Waals surface area contributed by atoms with Crippen molar-refractivity contribution in [2.24, 2.45) is 5.92 Å². The van der Waals surface area contributed by atoms with E-state index in [-0.39, 0.29) is 17.7 Å². The zero-order valence-corrected chi connectivity index (χ0v) is 16.5. The number of para-hydroxylation sites is 1. The van der Waals surface area contributed by atoms with Gasteiger partial charge >= 0.3 is 0 Å². The van der Waals surface area contributed by atoms with Gasteiger partial charge in [-0.25, -0.2) is 0 Å². The molecule has 150 valence electrons. The van der Waals surface area contributed by atoms with Gasteiger partial charge in [0.25, 0.3) is 0 Å². The van der Waals surface area contributed by atoms with Gasteiger partial charge < -0.3 is 19.9 Å². The third-order valence-corrected chi connectivity index (χ3v) is 5.50. The van der Waals surface area contributed by atoms with Gasteiger partial charge in [0.2, 0.25) is 11.8 Å². The van der Waals surface area contributed by atoms with Crippen molar-refractivity contribution in [2.75, 3.05) is 25.5 Å². The Bertz CT molecular complexity index is 1030. The number of nitrogens with one attached hydrogen (secondary N) is 2. The standard InChI is InChI=1S/C23H25N3O3/c1-29-19-8-4-7-18(13-19)25-23(28)16-6-5-11-26(15-16)22(27)12-17-14-24-21-10-3-2-9-20(17)21/h2-4,7-10,13-14,16,24H,5-6,11-12,15H2,1H3,(H,25,28)/t16-/m0/s1. The topological polar surface area (TPSA) is 74.4 Å². The maximum absolute atomic E-state index is 12.9. The molecular weight excluding hydrogens is 366 g/mol. The van der Waals surface area contributed by atoms with Crippen LogP contribution < -0.4 is 10.1 Å². The monoisotopic (exact) mass is 391 g/mol. The first-order chi connectivity index (χ1) is 14.1. The minimum absolute atomic E-state index is 0.0529. The molecule has 29 heavy (non-hydrogen) atoms. The van der Waals surface area contributed by atoms with Crippen LogP contribution >= 0.6 is 0 Å². The molecule has 0 aliphatic carbocycles. The van der Waals surface area contributed by atoms with Crippen molar-refractivity contribution in [1.82, 2.24) is 9.88 Å². The van der Waals surface area contributed by atoms with Crippen molar-refractivity contribution < 1.29 is 14.3 Å². The van der Waals surface area contributed by atoms with Gasteiger partial charge in [-0.1, -0.05) is 24.3 Å². The second kappa shape index (κ2) is 8.39. The number of H-pyrrole nitrogens is 1. The van der Waals surface area contributed by atoms with Crippen LogP contribution in [0.15, 0.2) is 54.7 Å². The lowest BCUT2D eigenvalue weighted by Crippen LogP contribution is -2.44. The Morgan fingerprint density at radius 2 is 2.07 bits per heavy atom. The number of piperidine rings is 1. The number of hydrogen-bond donors (Lipinski definition) is 2. The first-order valence-electron chi connectivity index (χ1n) is 9.92. The van der Waals surface area contributed by atoms with Crippen molar-refractivity contribution in [3.05, 3.63) is 60.3 Å². The highest BCUT2D eigenvalue weighted by atomic mass is 16.5. The minimum atomic E-state index is -0.207. The van der Waals surface area contributed by atoms with E-state index >= 15 is 0 Å². The highest BCUT2D eigenvalue weighted by Gasteiger charge is 2.28. The van der Waals surface area contributed by atoms with Gasteiger partial charge in [0.1, 0.15) is 5.75 Å². The Labute approximate surface area is 169 Å². The van der Waals surface area contributed by atoms with Crippen LogP contribution in [0.3, 0.4) is 0 Å². The summed E-state index contributed by atoms with van der Waals surface area (Å²) in [5.74, 6) is 0.500. The molecule has 1 atom stereocenters. The number of carbonyl (C=O) groups excluding carboxylic acids is 2. The Morgan fingerprint density at radius 1 is 1.21 bits per heavy atom. The number of ether oxygens (including phenoxy) is 1. The van der Waals surface area contributed by atoms with Crippen molar-refractivity contribution in [2.45, 2.75) is 19.3 Å². The van der Waals surface area contributed by atoms with Crippen molar-refractivity contribution in [3.63, 3.8) is 0 Å². The van der Waals surface area contributed by atoms with E-state index in [1.807, 2.05) is 53.6 Å². The predicted molar refractivity (Wildman–Crippen MR) is 113 cm³/mol. The number of aromatic amines is 1. The first-order valence-corrected chi connectivity index (χ1v) is 9.92. The third kappa shape index (κ3) is 4.26. The summed E-state index contributed by atoms with van der Waals surface area (Å²) < 4.78 is 5.20. The molecule has 2 amide bonds. The van der Waals surface area contributed by atoms with E-state index in [0.717, 1.165) is 29.3 Å². The lowest BCUT2D eigenvalue weighted by molar-refractivity contribution is -0.133. The van der Waals surface area contributed by atoms with Crippen molar-refractivity contribution in [3.8, 4) is 5.75 Å². The van der Waals surface area contributed by atoms with E-state index in [1.54, 1.807) is 13.2 Å². The van der Waals surface area contributed by atoms with Crippen LogP contribution in [0.25, 0.3) is 10.9 Å². The van der Waals surface area contributed by atoms with Crippen molar-refractivity contribution >= 4 is 28.4 Å². The van der Waals surface area contributed by atoms with Crippen LogP contribution in [-0.4, -0.2) is 41.9 Å². The van der Waals surface area contributed by atoms with E-state index in [9.17, 15) is 9.59 Å². The molecule has 1 aromatic heterocycles. The predicted octanol–water partition coefficient (Wildman–Crippen LogP) is 3.60. The van der Waals surface area contributed by atoms with Crippen LogP contribution in [0.5, 0.6) is 5.75 Å². The van der Waals surface area contributed by atoms with E-state index in [4.69, 9.17) is 4.74 Å². The van der Waals surface area contributed by atoms with Gasteiger partial charge in [0.05, 0.1) is 19.4 Å². The molecule has 0 bridgehead atoms. The second-order valence-corrected chi connectivity index (χ2v) is 7.44. The quantitative estimate of drug-likeness (QED) is 0.698. The molecule has 0 unspecified atom stereocenters. The number of aromatic nitrogens is 1. The fourth-order valence-corrected chi connectivity index (χ4v) is 3.92. The Hall–Kier alpha value is -3.28. The Kier molecular flexibility index (Phi) is 5.51. The summed E-state index contributed by atoms with van der Waals surface area (Å²) in [6, 6.07) is 15.3. The van der Waals surface area contributed by atoms with E-state index < -0.39 is 0 Å². The molecule has 2 N–H and O–H groups in total. The van der Waals surface area contributed by atoms with Crippen molar-refractivity contribution in [1.29, 1.82) is 0 Å². The fraction of sp³-hybridized carbons (Fsp3) is 0.304. The van der Waals surface area contributed by atoms with Crippen LogP contribution in [-0.2, 0) is 16.0 Å². The number of methoxy groups -OCH3 is 1. The number of carbonyl (C=O) groups is 2. The highest BCUT2D eigenvalue weighted by molar-refractivity contribution is 5.94. The molecular formula is C23H25N3O3. The number of likely N-dealkylation sites (tertiary alicyclic amines) is 1. The number of rotatable bonds is 5. The molecule has 1 fully saturated rings. The summed E-state index contributed by atoms with van der Waals surface area (Å²) in [6.45, 7) is 1.15. The van der Waals surface area contributed by atoms with Gasteiger partial charge in [0.15, 0.2) is 0 Å². The normalized spacial score (nSPS) is 16.6. The van der Waals surface area contributed by atoms with E-state index in [0.29, 0.717) is 30.9 Å². The second-order valence-electron chi connectivity index (χ2n) is 7.44. The molecule has 2 heterocycles. The maximum Gasteiger partial charge on any atom is 0.229 e. The summed E-state index contributed by atoms with van der Waals surface area (Å²) >= 11 is 0. The lowest BCUT2D eigenvalue weighted by atomic mass is 9.96. The Morgan fingerprint density at radius 3 is 2.93 bits per heavy atom. The first kappa shape index (κ1) is 19.1. The summed E-state index contributed by atoms with van der Waals surface area (Å²) in [7, 11) is 1.60. The van der Waals surface area contributed by atoms with Crippen LogP contribution in [0.4, 0.5) is 5.69 Å². The molecule has 6 nitrogen and oxygen atoms in total. The summed E-state index contributed by atoms with van der Waals surface area (Å²) in [4.78, 5) is 30.7. The van der Waals surface area contributed by atoms with Crippen LogP contribution in [0.2, 0.25) is 0 Å². The zero-order chi connectivity index (χ0) is 20.2. The van der Waals surface area contributed by atoms with Gasteiger partial charge in [-0.15, -0.1) is 0 Å². The lowest BCUT2D eigenvalue weighted by Gasteiger charge is -2.32. The minimum Gasteiger partial charge on any atom is -0.497 e. The van der Waals surface area contributed by atoms with Gasteiger partial charge in [-0.2, -0.15) is 0 Å². The number of fused-ring (bicyclic) bond motifs is 1. The number of anilines is 1. The van der Waals surface area contributed by atoms with Crippen LogP contribution in [0, 0.1) is 5.92 Å². The average Bonchev–Trinajstić information content (AvgIpc) is 3.17. The number of hydrogen-bond acceptors (Lipinski definition) is 3. The number of benzene rings is 2. The van der Waals surface area contributed by atoms with E-state index in [2.05, 4.69) is 10.3 Å². The molecule has 1 aliphatic rings. The molecule has 0 radical (unpaired) electrons. The zero-order valence-electron chi connectivity index (χ0n) is 16.5. The number of nitrogens with zero attached hydrogens (tertiary/aromatic N) is 1. The largest absolute Gasteiger partial charge is 0.497 e. The smallest absolute Gasteiger partial charge is 0.229 e. The molecule has 1 saturated heterocycles. The summed E-state index contributed by atoms with van der Waals surface area (Å²) in [5, 5.41) is 4.03. The molecule has 0 saturated carbocycles. The van der Waals surface area contributed by atoms with E-state index in [1.165, 1.54) is 0 Å². The highest BCUT2D eigenvalue weighted by Crippen LogP contribution is 2.23. The SMILES string of the molecule is COc1cccc(NC(=O)[C@H]2CCCN(C(=O)Cc3c[nH]c4ccccc34)C2)c1.